The molecule has 1 aromatic carbocycles. The Hall–Kier alpha value is -1.81. The quantitative estimate of drug-likeness (QED) is 0.772. The molecule has 0 aliphatic heterocycles. The second-order valence-corrected chi connectivity index (χ2v) is 5.27. The number of aromatic nitrogens is 1. The van der Waals surface area contributed by atoms with Crippen LogP contribution >= 0.6 is 0 Å². The smallest absolute Gasteiger partial charge is 0.251 e. The predicted molar refractivity (Wildman–Crippen MR) is 76.1 cm³/mol. The average molecular weight is 260 g/mol. The van der Waals surface area contributed by atoms with E-state index in [1.54, 1.807) is 6.07 Å². The van der Waals surface area contributed by atoms with Gasteiger partial charge in [-0.3, -0.25) is 4.79 Å². The monoisotopic (exact) mass is 260 g/mol. The van der Waals surface area contributed by atoms with Crippen LogP contribution in [0, 0.1) is 5.92 Å². The van der Waals surface area contributed by atoms with Gasteiger partial charge in [-0.1, -0.05) is 19.9 Å². The molecule has 0 fully saturated rings. The van der Waals surface area contributed by atoms with E-state index in [0.29, 0.717) is 24.4 Å². The highest BCUT2D eigenvalue weighted by atomic mass is 16.3. The van der Waals surface area contributed by atoms with Crippen LogP contribution in [0.5, 0.6) is 0 Å². The van der Waals surface area contributed by atoms with E-state index in [4.69, 9.17) is 0 Å². The second kappa shape index (κ2) is 5.89. The van der Waals surface area contributed by atoms with Crippen molar-refractivity contribution in [2.45, 2.75) is 26.4 Å². The number of hydrogen-bond donors (Lipinski definition) is 3. The van der Waals surface area contributed by atoms with Gasteiger partial charge in [-0.25, -0.2) is 0 Å². The van der Waals surface area contributed by atoms with Crippen molar-refractivity contribution >= 4 is 16.8 Å². The van der Waals surface area contributed by atoms with Crippen molar-refractivity contribution in [3.05, 3.63) is 36.0 Å². The zero-order valence-electron chi connectivity index (χ0n) is 11.3. The molecule has 102 valence electrons. The third-order valence-corrected chi connectivity index (χ3v) is 3.06. The third kappa shape index (κ3) is 3.58. The number of fused-ring (bicyclic) bond motifs is 1. The number of amides is 1. The molecule has 3 N–H and O–H groups in total. The minimum Gasteiger partial charge on any atom is -0.391 e. The summed E-state index contributed by atoms with van der Waals surface area (Å²) in [5, 5.41) is 13.6. The summed E-state index contributed by atoms with van der Waals surface area (Å²) in [7, 11) is 0. The molecule has 0 saturated carbocycles. The summed E-state index contributed by atoms with van der Waals surface area (Å²) in [5.74, 6) is 0.265. The van der Waals surface area contributed by atoms with Crippen LogP contribution in [-0.2, 0) is 0 Å². The molecule has 4 nitrogen and oxygen atoms in total. The zero-order chi connectivity index (χ0) is 13.8. The molecule has 19 heavy (non-hydrogen) atoms. The van der Waals surface area contributed by atoms with Crippen molar-refractivity contribution in [2.75, 3.05) is 6.54 Å². The fourth-order valence-electron chi connectivity index (χ4n) is 2.13. The van der Waals surface area contributed by atoms with Gasteiger partial charge >= 0.3 is 0 Å². The number of nitrogens with one attached hydrogen (secondary N) is 2. The molecule has 1 amide bonds. The maximum Gasteiger partial charge on any atom is 0.251 e. The Morgan fingerprint density at radius 3 is 2.89 bits per heavy atom. The van der Waals surface area contributed by atoms with Gasteiger partial charge in [-0.2, -0.15) is 0 Å². The summed E-state index contributed by atoms with van der Waals surface area (Å²) in [6.45, 7) is 4.38. The lowest BCUT2D eigenvalue weighted by molar-refractivity contribution is 0.0900. The molecule has 0 spiro atoms. The van der Waals surface area contributed by atoms with Gasteiger partial charge in [0.1, 0.15) is 0 Å². The summed E-state index contributed by atoms with van der Waals surface area (Å²) in [4.78, 5) is 15.0. The molecular formula is C15H20N2O2. The van der Waals surface area contributed by atoms with Gasteiger partial charge in [0.05, 0.1) is 6.10 Å². The van der Waals surface area contributed by atoms with Crippen LogP contribution in [-0.4, -0.2) is 28.6 Å². The van der Waals surface area contributed by atoms with Gasteiger partial charge in [0.25, 0.3) is 5.91 Å². The van der Waals surface area contributed by atoms with E-state index in [9.17, 15) is 9.90 Å². The predicted octanol–water partition coefficient (Wildman–Crippen LogP) is 2.30. The zero-order valence-corrected chi connectivity index (χ0v) is 11.3. The van der Waals surface area contributed by atoms with E-state index in [0.717, 1.165) is 10.9 Å². The topological polar surface area (TPSA) is 65.1 Å². The van der Waals surface area contributed by atoms with Crippen molar-refractivity contribution in [2.24, 2.45) is 5.92 Å². The van der Waals surface area contributed by atoms with Gasteiger partial charge < -0.3 is 15.4 Å². The number of rotatable bonds is 5. The largest absolute Gasteiger partial charge is 0.391 e. The molecule has 4 heteroatoms. The minimum atomic E-state index is -0.488. The normalized spacial score (nSPS) is 12.8. The maximum atomic E-state index is 12.0. The molecule has 0 aliphatic carbocycles. The first-order valence-electron chi connectivity index (χ1n) is 6.59. The van der Waals surface area contributed by atoms with E-state index >= 15 is 0 Å². The molecule has 1 heterocycles. The maximum absolute atomic E-state index is 12.0. The lowest BCUT2D eigenvalue weighted by Crippen LogP contribution is -2.32. The fourth-order valence-corrected chi connectivity index (χ4v) is 2.13. The molecular weight excluding hydrogens is 240 g/mol. The number of carbonyl (C=O) groups is 1. The highest BCUT2D eigenvalue weighted by Crippen LogP contribution is 2.14. The molecule has 2 rings (SSSR count). The number of H-pyrrole nitrogens is 1. The van der Waals surface area contributed by atoms with Crippen LogP contribution in [0.1, 0.15) is 30.6 Å². The molecule has 0 aliphatic rings. The molecule has 1 aromatic heterocycles. The lowest BCUT2D eigenvalue weighted by atomic mass is 10.1. The third-order valence-electron chi connectivity index (χ3n) is 3.06. The van der Waals surface area contributed by atoms with E-state index < -0.39 is 6.10 Å². The van der Waals surface area contributed by atoms with Gasteiger partial charge in [0, 0.05) is 23.8 Å². The van der Waals surface area contributed by atoms with E-state index in [1.807, 2.05) is 38.2 Å². The van der Waals surface area contributed by atoms with Crippen molar-refractivity contribution < 1.29 is 9.90 Å². The van der Waals surface area contributed by atoms with Crippen LogP contribution in [0.2, 0.25) is 0 Å². The van der Waals surface area contributed by atoms with Gasteiger partial charge in [-0.15, -0.1) is 0 Å². The number of hydrogen-bond acceptors (Lipinski definition) is 2. The molecule has 0 saturated heterocycles. The minimum absolute atomic E-state index is 0.153. The Kier molecular flexibility index (Phi) is 4.22. The first-order chi connectivity index (χ1) is 9.06. The SMILES string of the molecule is CC(C)C[C@H](O)CNC(=O)c1ccc2cc[nH]c2c1. The summed E-state index contributed by atoms with van der Waals surface area (Å²) in [6, 6.07) is 7.48. The Balaban J connectivity index is 1.95. The van der Waals surface area contributed by atoms with Crippen LogP contribution in [0.3, 0.4) is 0 Å². The average Bonchev–Trinajstić information content (AvgIpc) is 2.82. The highest BCUT2D eigenvalue weighted by Gasteiger charge is 2.11. The number of aromatic amines is 1. The first-order valence-corrected chi connectivity index (χ1v) is 6.59. The van der Waals surface area contributed by atoms with Crippen LogP contribution < -0.4 is 5.32 Å². The molecule has 2 aromatic rings. The van der Waals surface area contributed by atoms with Gasteiger partial charge in [0.2, 0.25) is 0 Å². The highest BCUT2D eigenvalue weighted by molar-refractivity contribution is 5.97. The Bertz CT molecular complexity index is 560. The van der Waals surface area contributed by atoms with Crippen LogP contribution in [0.25, 0.3) is 10.9 Å². The van der Waals surface area contributed by atoms with Crippen molar-refractivity contribution in [1.29, 1.82) is 0 Å². The number of aliphatic hydroxyl groups excluding tert-OH is 1. The van der Waals surface area contributed by atoms with E-state index in [-0.39, 0.29) is 5.91 Å². The molecule has 1 atom stereocenters. The summed E-state index contributed by atoms with van der Waals surface area (Å²) >= 11 is 0. The Labute approximate surface area is 112 Å². The summed E-state index contributed by atoms with van der Waals surface area (Å²) < 4.78 is 0. The van der Waals surface area contributed by atoms with E-state index in [2.05, 4.69) is 10.3 Å². The Morgan fingerprint density at radius 1 is 1.37 bits per heavy atom. The summed E-state index contributed by atoms with van der Waals surface area (Å²) in [6.07, 6.45) is 2.05. The van der Waals surface area contributed by atoms with Crippen LogP contribution in [0.4, 0.5) is 0 Å². The van der Waals surface area contributed by atoms with Crippen molar-refractivity contribution in [3.8, 4) is 0 Å². The van der Waals surface area contributed by atoms with Gasteiger partial charge in [-0.05, 0) is 35.9 Å². The lowest BCUT2D eigenvalue weighted by Gasteiger charge is -2.13. The Morgan fingerprint density at radius 2 is 2.16 bits per heavy atom. The van der Waals surface area contributed by atoms with Crippen LogP contribution in [0.15, 0.2) is 30.5 Å². The number of aliphatic hydroxyl groups is 1. The summed E-state index contributed by atoms with van der Waals surface area (Å²) in [5.41, 5.74) is 1.54. The molecule has 0 unspecified atom stereocenters. The molecule has 0 bridgehead atoms. The number of benzene rings is 1. The van der Waals surface area contributed by atoms with Gasteiger partial charge in [0.15, 0.2) is 0 Å². The fraction of sp³-hybridized carbons (Fsp3) is 0.400. The standard InChI is InChI=1S/C15H20N2O2/c1-10(2)7-13(18)9-17-15(19)12-4-3-11-5-6-16-14(11)8-12/h3-6,8,10,13,16,18H,7,9H2,1-2H3,(H,17,19)/t13-/m0/s1. The first kappa shape index (κ1) is 13.6. The molecule has 0 radical (unpaired) electrons. The van der Waals surface area contributed by atoms with Crippen molar-refractivity contribution in [1.82, 2.24) is 10.3 Å². The van der Waals surface area contributed by atoms with Crippen molar-refractivity contribution in [3.63, 3.8) is 0 Å². The van der Waals surface area contributed by atoms with E-state index in [1.165, 1.54) is 0 Å². The number of carbonyl (C=O) groups excluding carboxylic acids is 1. The second-order valence-electron chi connectivity index (χ2n) is 5.27.